The fourth-order valence-electron chi connectivity index (χ4n) is 5.17. The smallest absolute Gasteiger partial charge is 0.237 e. The molecular weight excluding hydrogens is 371 g/mol. The first kappa shape index (κ1) is 18.3. The van der Waals surface area contributed by atoms with Gasteiger partial charge in [-0.25, -0.2) is 4.39 Å². The summed E-state index contributed by atoms with van der Waals surface area (Å²) < 4.78 is 19.0. The molecule has 2 amide bonds. The van der Waals surface area contributed by atoms with Crippen LogP contribution in [0.5, 0.6) is 0 Å². The Morgan fingerprint density at radius 1 is 1.17 bits per heavy atom. The average molecular weight is 394 g/mol. The summed E-state index contributed by atoms with van der Waals surface area (Å²) >= 11 is 0. The highest BCUT2D eigenvalue weighted by molar-refractivity contribution is 6.08. The molecular formula is C23H23FN2O3. The number of hydrogen-bond donors (Lipinski definition) is 1. The number of hydrogen-bond acceptors (Lipinski definition) is 3. The number of halogens is 1. The first-order valence-corrected chi connectivity index (χ1v) is 9.98. The Labute approximate surface area is 168 Å². The summed E-state index contributed by atoms with van der Waals surface area (Å²) in [5, 5.41) is 3.00. The van der Waals surface area contributed by atoms with Gasteiger partial charge in [-0.3, -0.25) is 9.59 Å². The van der Waals surface area contributed by atoms with Crippen molar-refractivity contribution in [1.29, 1.82) is 0 Å². The molecule has 2 atom stereocenters. The maximum absolute atomic E-state index is 13.6. The zero-order valence-corrected chi connectivity index (χ0v) is 16.3. The highest BCUT2D eigenvalue weighted by Gasteiger charge is 2.62. The predicted octanol–water partition coefficient (Wildman–Crippen LogP) is 3.42. The molecule has 1 spiro atoms. The number of para-hydroxylation sites is 1. The van der Waals surface area contributed by atoms with Crippen LogP contribution in [0.3, 0.4) is 0 Å². The molecule has 2 aliphatic heterocycles. The van der Waals surface area contributed by atoms with Crippen molar-refractivity contribution < 1.29 is 18.7 Å². The zero-order chi connectivity index (χ0) is 20.2. The van der Waals surface area contributed by atoms with Crippen LogP contribution in [-0.2, 0) is 19.7 Å². The number of carbonyl (C=O) groups excluding carboxylic acids is 2. The molecule has 0 unspecified atom stereocenters. The van der Waals surface area contributed by atoms with E-state index in [-0.39, 0.29) is 17.6 Å². The summed E-state index contributed by atoms with van der Waals surface area (Å²) in [4.78, 5) is 28.7. The molecule has 2 aromatic carbocycles. The molecule has 150 valence electrons. The minimum Gasteiger partial charge on any atom is -0.384 e. The molecule has 29 heavy (non-hydrogen) atoms. The van der Waals surface area contributed by atoms with E-state index in [0.717, 1.165) is 29.7 Å². The summed E-state index contributed by atoms with van der Waals surface area (Å²) in [6, 6.07) is 13.3. The number of benzene rings is 2. The van der Waals surface area contributed by atoms with Gasteiger partial charge >= 0.3 is 0 Å². The van der Waals surface area contributed by atoms with Crippen LogP contribution in [-0.4, -0.2) is 37.0 Å². The summed E-state index contributed by atoms with van der Waals surface area (Å²) in [6.07, 6.45) is 2.12. The normalized spacial score (nSPS) is 26.5. The summed E-state index contributed by atoms with van der Waals surface area (Å²) in [5.41, 5.74) is 1.11. The summed E-state index contributed by atoms with van der Waals surface area (Å²) in [5.74, 6) is -0.407. The van der Waals surface area contributed by atoms with Crippen molar-refractivity contribution in [3.63, 3.8) is 0 Å². The molecule has 2 heterocycles. The van der Waals surface area contributed by atoms with Crippen molar-refractivity contribution in [2.24, 2.45) is 5.41 Å². The molecule has 1 aliphatic carbocycles. The van der Waals surface area contributed by atoms with E-state index < -0.39 is 16.9 Å². The quantitative estimate of drug-likeness (QED) is 0.865. The van der Waals surface area contributed by atoms with Crippen molar-refractivity contribution in [3.8, 4) is 0 Å². The standard InChI is InChI=1S/C23H23FN2O3/c1-29-14-22(10-11-22)21(28)26-13-12-23(19(26)15-6-8-16(24)9-7-15)17-4-2-3-5-18(17)25-20(23)27/h2-9,19H,10-14H2,1H3,(H,25,27)/t19-,23+/m0/s1. The summed E-state index contributed by atoms with van der Waals surface area (Å²) in [6.45, 7) is 0.863. The van der Waals surface area contributed by atoms with Crippen LogP contribution in [0.1, 0.15) is 36.4 Å². The largest absolute Gasteiger partial charge is 0.384 e. The predicted molar refractivity (Wildman–Crippen MR) is 106 cm³/mol. The van der Waals surface area contributed by atoms with Crippen molar-refractivity contribution in [3.05, 3.63) is 65.5 Å². The Hall–Kier alpha value is -2.73. The van der Waals surface area contributed by atoms with Crippen molar-refractivity contribution in [2.75, 3.05) is 25.6 Å². The first-order valence-electron chi connectivity index (χ1n) is 9.98. The lowest BCUT2D eigenvalue weighted by atomic mass is 9.72. The van der Waals surface area contributed by atoms with Gasteiger partial charge in [0, 0.05) is 19.3 Å². The van der Waals surface area contributed by atoms with E-state index in [4.69, 9.17) is 4.74 Å². The highest BCUT2D eigenvalue weighted by Crippen LogP contribution is 2.57. The van der Waals surface area contributed by atoms with E-state index in [9.17, 15) is 14.0 Å². The Balaban J connectivity index is 1.64. The first-order chi connectivity index (χ1) is 14.0. The second kappa shape index (κ2) is 6.39. The molecule has 1 saturated carbocycles. The molecule has 0 bridgehead atoms. The molecule has 5 nitrogen and oxygen atoms in total. The van der Waals surface area contributed by atoms with Gasteiger partial charge in [-0.05, 0) is 48.6 Å². The average Bonchev–Trinajstić information content (AvgIpc) is 3.31. The molecule has 5 rings (SSSR count). The third-order valence-corrected chi connectivity index (χ3v) is 6.76. The van der Waals surface area contributed by atoms with Gasteiger partial charge in [0.05, 0.1) is 18.1 Å². The SMILES string of the molecule is COCC1(C(=O)N2CC[C@]3(C(=O)Nc4ccccc43)[C@@H]2c2ccc(F)cc2)CC1. The minimum absolute atomic E-state index is 0.0303. The van der Waals surface area contributed by atoms with Crippen LogP contribution >= 0.6 is 0 Å². The van der Waals surface area contributed by atoms with E-state index in [2.05, 4.69) is 5.32 Å². The fourth-order valence-corrected chi connectivity index (χ4v) is 5.17. The van der Waals surface area contributed by atoms with Crippen molar-refractivity contribution >= 4 is 17.5 Å². The lowest BCUT2D eigenvalue weighted by Gasteiger charge is -2.36. The number of likely N-dealkylation sites (tertiary alicyclic amines) is 1. The molecule has 2 fully saturated rings. The molecule has 6 heteroatoms. The van der Waals surface area contributed by atoms with Crippen LogP contribution in [0, 0.1) is 11.2 Å². The van der Waals surface area contributed by atoms with Gasteiger partial charge in [0.1, 0.15) is 11.2 Å². The van der Waals surface area contributed by atoms with E-state index in [1.165, 1.54) is 12.1 Å². The molecule has 1 N–H and O–H groups in total. The van der Waals surface area contributed by atoms with Gasteiger partial charge in [-0.1, -0.05) is 30.3 Å². The van der Waals surface area contributed by atoms with E-state index in [1.54, 1.807) is 19.2 Å². The number of methoxy groups -OCH3 is 1. The third-order valence-electron chi connectivity index (χ3n) is 6.76. The van der Waals surface area contributed by atoms with Gasteiger partial charge in [0.25, 0.3) is 0 Å². The summed E-state index contributed by atoms with van der Waals surface area (Å²) in [7, 11) is 1.61. The second-order valence-electron chi connectivity index (χ2n) is 8.39. The van der Waals surface area contributed by atoms with Crippen molar-refractivity contribution in [2.45, 2.75) is 30.7 Å². The maximum atomic E-state index is 13.6. The zero-order valence-electron chi connectivity index (χ0n) is 16.3. The monoisotopic (exact) mass is 394 g/mol. The van der Waals surface area contributed by atoms with Crippen LogP contribution in [0.2, 0.25) is 0 Å². The third kappa shape index (κ3) is 2.55. The molecule has 0 radical (unpaired) electrons. The van der Waals surface area contributed by atoms with Gasteiger partial charge < -0.3 is 15.0 Å². The Kier molecular flexibility index (Phi) is 4.03. The van der Waals surface area contributed by atoms with Crippen LogP contribution < -0.4 is 5.32 Å². The molecule has 1 saturated heterocycles. The number of amides is 2. The van der Waals surface area contributed by atoms with E-state index in [1.807, 2.05) is 29.2 Å². The van der Waals surface area contributed by atoms with E-state index >= 15 is 0 Å². The van der Waals surface area contributed by atoms with Crippen LogP contribution in [0.25, 0.3) is 0 Å². The van der Waals surface area contributed by atoms with Gasteiger partial charge in [0.2, 0.25) is 11.8 Å². The maximum Gasteiger partial charge on any atom is 0.237 e. The molecule has 2 aromatic rings. The van der Waals surface area contributed by atoms with Gasteiger partial charge in [-0.2, -0.15) is 0 Å². The Morgan fingerprint density at radius 3 is 2.59 bits per heavy atom. The number of fused-ring (bicyclic) bond motifs is 2. The lowest BCUT2D eigenvalue weighted by molar-refractivity contribution is -0.141. The van der Waals surface area contributed by atoms with Gasteiger partial charge in [-0.15, -0.1) is 0 Å². The number of rotatable bonds is 4. The lowest BCUT2D eigenvalue weighted by Crippen LogP contribution is -2.45. The number of nitrogens with one attached hydrogen (secondary N) is 1. The fraction of sp³-hybridized carbons (Fsp3) is 0.391. The van der Waals surface area contributed by atoms with Crippen LogP contribution in [0.15, 0.2) is 48.5 Å². The second-order valence-corrected chi connectivity index (χ2v) is 8.39. The topological polar surface area (TPSA) is 58.6 Å². The minimum atomic E-state index is -0.868. The Morgan fingerprint density at radius 2 is 1.90 bits per heavy atom. The van der Waals surface area contributed by atoms with Crippen LogP contribution in [0.4, 0.5) is 10.1 Å². The highest BCUT2D eigenvalue weighted by atomic mass is 19.1. The number of anilines is 1. The number of ether oxygens (including phenoxy) is 1. The number of nitrogens with zero attached hydrogens (tertiary/aromatic N) is 1. The van der Waals surface area contributed by atoms with Gasteiger partial charge in [0.15, 0.2) is 0 Å². The molecule has 3 aliphatic rings. The van der Waals surface area contributed by atoms with E-state index in [0.29, 0.717) is 19.6 Å². The molecule has 0 aromatic heterocycles. The Bertz CT molecular complexity index is 986. The van der Waals surface area contributed by atoms with Crippen molar-refractivity contribution in [1.82, 2.24) is 4.90 Å². The number of carbonyl (C=O) groups is 2.